The maximum Gasteiger partial charge on any atom is 0.573 e. The van der Waals surface area contributed by atoms with E-state index in [0.717, 1.165) is 23.5 Å². The van der Waals surface area contributed by atoms with Crippen molar-refractivity contribution in [1.82, 2.24) is 25.1 Å². The highest BCUT2D eigenvalue weighted by Crippen LogP contribution is 2.32. The van der Waals surface area contributed by atoms with E-state index in [1.807, 2.05) is 4.90 Å². The van der Waals surface area contributed by atoms with Crippen LogP contribution in [0.1, 0.15) is 21.1 Å². The highest BCUT2D eigenvalue weighted by atomic mass is 32.1. The van der Waals surface area contributed by atoms with Gasteiger partial charge in [-0.05, 0) is 25.1 Å². The van der Waals surface area contributed by atoms with Crippen molar-refractivity contribution in [1.29, 1.82) is 0 Å². The van der Waals surface area contributed by atoms with Gasteiger partial charge in [0.1, 0.15) is 10.7 Å². The third-order valence-corrected chi connectivity index (χ3v) is 5.97. The molecule has 1 N–H and O–H groups in total. The fourth-order valence-corrected chi connectivity index (χ4v) is 4.19. The van der Waals surface area contributed by atoms with Crippen LogP contribution in [0.3, 0.4) is 0 Å². The number of nitrogens with one attached hydrogen (secondary N) is 1. The molecule has 36 heavy (non-hydrogen) atoms. The zero-order chi connectivity index (χ0) is 25.7. The first kappa shape index (κ1) is 25.6. The number of aromatic nitrogens is 4. The molecule has 10 nitrogen and oxygen atoms in total. The van der Waals surface area contributed by atoms with Crippen LogP contribution in [0.15, 0.2) is 30.6 Å². The number of alkyl halides is 3. The Bertz CT molecular complexity index is 1250. The molecule has 4 rings (SSSR count). The predicted molar refractivity (Wildman–Crippen MR) is 123 cm³/mol. The fraction of sp³-hybridized carbons (Fsp3) is 0.364. The Balaban J connectivity index is 1.50. The number of hydrogen-bond donors (Lipinski definition) is 1. The zero-order valence-corrected chi connectivity index (χ0v) is 19.9. The molecule has 0 bridgehead atoms. The Morgan fingerprint density at radius 1 is 1.19 bits per heavy atom. The maximum atomic E-state index is 12.9. The molecular formula is C22H21F3N6O4S. The van der Waals surface area contributed by atoms with Gasteiger partial charge in [-0.1, -0.05) is 11.3 Å². The number of rotatable bonds is 8. The van der Waals surface area contributed by atoms with Crippen LogP contribution in [-0.2, 0) is 16.0 Å². The minimum Gasteiger partial charge on any atom is -0.404 e. The van der Waals surface area contributed by atoms with Crippen molar-refractivity contribution < 1.29 is 32.2 Å². The average molecular weight is 523 g/mol. The van der Waals surface area contributed by atoms with Crippen molar-refractivity contribution in [3.63, 3.8) is 0 Å². The highest BCUT2D eigenvalue weighted by Gasteiger charge is 2.32. The number of carbonyl (C=O) groups excluding carboxylic acids is 2. The molecule has 14 heteroatoms. The van der Waals surface area contributed by atoms with E-state index in [0.29, 0.717) is 47.7 Å². The number of nitrogens with zero attached hydrogens (tertiary/aromatic N) is 5. The molecule has 1 saturated heterocycles. The number of Topliss-reactive ketones (excluding diaryl/α,β-unsaturated/α-hetero) is 1. The highest BCUT2D eigenvalue weighted by molar-refractivity contribution is 7.14. The summed E-state index contributed by atoms with van der Waals surface area (Å²) in [6, 6.07) is 3.36. The standard InChI is InChI=1S/C22H21F3N6O4S/c1-13-10-26-11-16(27-13)21-30-29-20(36-21)9-17(32)14-2-3-18(35-22(23,24)25)15(8-14)28-19(33)12-31-4-6-34-7-5-31/h2-3,8,10-11H,4-7,9,12H2,1H3,(H,28,33). The van der Waals surface area contributed by atoms with Gasteiger partial charge in [0.2, 0.25) is 5.91 Å². The van der Waals surface area contributed by atoms with Gasteiger partial charge in [0.15, 0.2) is 16.5 Å². The molecular weight excluding hydrogens is 501 g/mol. The normalized spacial score (nSPS) is 14.4. The average Bonchev–Trinajstić information content (AvgIpc) is 3.28. The molecule has 1 amide bonds. The summed E-state index contributed by atoms with van der Waals surface area (Å²) in [4.78, 5) is 35.6. The van der Waals surface area contributed by atoms with Gasteiger partial charge in [0.05, 0.1) is 43.8 Å². The van der Waals surface area contributed by atoms with E-state index >= 15 is 0 Å². The molecule has 1 fully saturated rings. The second kappa shape index (κ2) is 11.1. The number of benzene rings is 1. The maximum absolute atomic E-state index is 12.9. The summed E-state index contributed by atoms with van der Waals surface area (Å²) in [5.74, 6) is -1.58. The molecule has 0 atom stereocenters. The molecule has 0 unspecified atom stereocenters. The molecule has 1 aliphatic rings. The first-order chi connectivity index (χ1) is 17.2. The van der Waals surface area contributed by atoms with Gasteiger partial charge < -0.3 is 14.8 Å². The number of amides is 1. The van der Waals surface area contributed by atoms with E-state index in [1.54, 1.807) is 13.1 Å². The van der Waals surface area contributed by atoms with E-state index in [-0.39, 0.29) is 24.2 Å². The van der Waals surface area contributed by atoms with Crippen LogP contribution in [0.5, 0.6) is 5.75 Å². The lowest BCUT2D eigenvalue weighted by Crippen LogP contribution is -2.41. The van der Waals surface area contributed by atoms with Crippen molar-refractivity contribution >= 4 is 28.7 Å². The van der Waals surface area contributed by atoms with Crippen LogP contribution >= 0.6 is 11.3 Å². The van der Waals surface area contributed by atoms with E-state index < -0.39 is 23.8 Å². The third-order valence-electron chi connectivity index (χ3n) is 5.02. The SMILES string of the molecule is Cc1cncc(-c2nnc(CC(=O)c3ccc(OC(F)(F)F)c(NC(=O)CN4CCOCC4)c3)s2)n1. The number of ether oxygens (including phenoxy) is 2. The van der Waals surface area contributed by atoms with Crippen molar-refractivity contribution in [2.45, 2.75) is 19.7 Å². The Hall–Kier alpha value is -3.49. The summed E-state index contributed by atoms with van der Waals surface area (Å²) in [6.07, 6.45) is -1.99. The van der Waals surface area contributed by atoms with Gasteiger partial charge in [0, 0.05) is 24.8 Å². The molecule has 2 aromatic heterocycles. The number of halogens is 3. The number of carbonyl (C=O) groups is 2. The summed E-state index contributed by atoms with van der Waals surface area (Å²) in [5.41, 5.74) is 1.04. The third kappa shape index (κ3) is 7.02. The monoisotopic (exact) mass is 522 g/mol. The van der Waals surface area contributed by atoms with Crippen molar-refractivity contribution in [3.8, 4) is 16.5 Å². The predicted octanol–water partition coefficient (Wildman–Crippen LogP) is 2.90. The van der Waals surface area contributed by atoms with Crippen LogP contribution in [0, 0.1) is 6.92 Å². The zero-order valence-electron chi connectivity index (χ0n) is 19.0. The fourth-order valence-electron chi connectivity index (χ4n) is 3.40. The Kier molecular flexibility index (Phi) is 7.86. The summed E-state index contributed by atoms with van der Waals surface area (Å²) in [5, 5.41) is 11.4. The largest absolute Gasteiger partial charge is 0.573 e. The van der Waals surface area contributed by atoms with Gasteiger partial charge in [-0.2, -0.15) is 0 Å². The van der Waals surface area contributed by atoms with Crippen molar-refractivity contribution in [3.05, 3.63) is 46.9 Å². The van der Waals surface area contributed by atoms with Gasteiger partial charge in [-0.25, -0.2) is 4.98 Å². The van der Waals surface area contributed by atoms with Crippen LogP contribution in [0.25, 0.3) is 10.7 Å². The number of morpholine rings is 1. The van der Waals surface area contributed by atoms with Gasteiger partial charge >= 0.3 is 6.36 Å². The number of ketones is 1. The molecule has 3 aromatic rings. The Morgan fingerprint density at radius 2 is 1.97 bits per heavy atom. The number of anilines is 1. The first-order valence-electron chi connectivity index (χ1n) is 10.8. The van der Waals surface area contributed by atoms with Crippen LogP contribution in [0.2, 0.25) is 0 Å². The minimum atomic E-state index is -4.98. The lowest BCUT2D eigenvalue weighted by Gasteiger charge is -2.26. The molecule has 1 aromatic carbocycles. The van der Waals surface area contributed by atoms with Crippen LogP contribution in [0.4, 0.5) is 18.9 Å². The van der Waals surface area contributed by atoms with Crippen molar-refractivity contribution in [2.24, 2.45) is 0 Å². The van der Waals surface area contributed by atoms with E-state index in [4.69, 9.17) is 4.74 Å². The molecule has 3 heterocycles. The lowest BCUT2D eigenvalue weighted by atomic mass is 10.1. The molecule has 190 valence electrons. The summed E-state index contributed by atoms with van der Waals surface area (Å²) in [7, 11) is 0. The second-order valence-electron chi connectivity index (χ2n) is 7.84. The van der Waals surface area contributed by atoms with E-state index in [9.17, 15) is 22.8 Å². The first-order valence-corrected chi connectivity index (χ1v) is 11.6. The molecule has 0 radical (unpaired) electrons. The van der Waals surface area contributed by atoms with Gasteiger partial charge in [-0.3, -0.25) is 19.5 Å². The lowest BCUT2D eigenvalue weighted by molar-refractivity contribution is -0.274. The quantitative estimate of drug-likeness (QED) is 0.446. The molecule has 0 saturated carbocycles. The number of aryl methyl sites for hydroxylation is 1. The molecule has 0 aliphatic carbocycles. The second-order valence-corrected chi connectivity index (χ2v) is 8.90. The van der Waals surface area contributed by atoms with E-state index in [1.165, 1.54) is 12.3 Å². The Morgan fingerprint density at radius 3 is 2.69 bits per heavy atom. The van der Waals surface area contributed by atoms with Crippen molar-refractivity contribution in [2.75, 3.05) is 38.2 Å². The summed E-state index contributed by atoms with van der Waals surface area (Å²) < 4.78 is 48.0. The van der Waals surface area contributed by atoms with Crippen LogP contribution < -0.4 is 10.1 Å². The minimum absolute atomic E-state index is 0.0393. The van der Waals surface area contributed by atoms with Gasteiger partial charge in [-0.15, -0.1) is 23.4 Å². The smallest absolute Gasteiger partial charge is 0.404 e. The number of hydrogen-bond acceptors (Lipinski definition) is 10. The van der Waals surface area contributed by atoms with Gasteiger partial charge in [0.25, 0.3) is 0 Å². The Labute approximate surface area is 207 Å². The summed E-state index contributed by atoms with van der Waals surface area (Å²) in [6.45, 7) is 3.71. The van der Waals surface area contributed by atoms with Crippen LogP contribution in [-0.4, -0.2) is 76.0 Å². The summed E-state index contributed by atoms with van der Waals surface area (Å²) >= 11 is 1.16. The topological polar surface area (TPSA) is 119 Å². The molecule has 0 spiro atoms. The molecule has 1 aliphatic heterocycles. The van der Waals surface area contributed by atoms with E-state index in [2.05, 4.69) is 30.2 Å².